The van der Waals surface area contributed by atoms with Crippen molar-refractivity contribution in [2.45, 2.75) is 6.54 Å². The van der Waals surface area contributed by atoms with Gasteiger partial charge in [-0.2, -0.15) is 5.26 Å². The summed E-state index contributed by atoms with van der Waals surface area (Å²) in [6, 6.07) is 15.3. The van der Waals surface area contributed by atoms with E-state index in [1.54, 1.807) is 6.07 Å². The number of aromatic nitrogens is 1. The zero-order valence-electron chi connectivity index (χ0n) is 10.7. The topological polar surface area (TPSA) is 54.7 Å². The van der Waals surface area contributed by atoms with Crippen LogP contribution in [-0.2, 0) is 6.54 Å². The summed E-state index contributed by atoms with van der Waals surface area (Å²) in [4.78, 5) is 0. The second kappa shape index (κ2) is 4.92. The number of fused-ring (bicyclic) bond motifs is 1. The number of rotatable bonds is 2. The molecule has 1 heterocycles. The van der Waals surface area contributed by atoms with Crippen molar-refractivity contribution in [3.05, 3.63) is 64.8 Å². The van der Waals surface area contributed by atoms with Gasteiger partial charge in [-0.3, -0.25) is 0 Å². The Hall–Kier alpha value is -2.44. The molecule has 0 unspecified atom stereocenters. The Morgan fingerprint density at radius 3 is 2.80 bits per heavy atom. The summed E-state index contributed by atoms with van der Waals surface area (Å²) in [5, 5.41) is 10.8. The lowest BCUT2D eigenvalue weighted by atomic mass is 10.1. The molecular formula is C16H12ClN3. The average molecular weight is 282 g/mol. The van der Waals surface area contributed by atoms with E-state index in [4.69, 9.17) is 22.6 Å². The SMILES string of the molecule is N#Cc1ccc2ccn(Cc3cc(Cl)ccc3N)c2c1. The molecule has 0 saturated carbocycles. The van der Waals surface area contributed by atoms with Crippen LogP contribution in [0.25, 0.3) is 10.9 Å². The third kappa shape index (κ3) is 2.22. The summed E-state index contributed by atoms with van der Waals surface area (Å²) in [5.74, 6) is 0. The van der Waals surface area contributed by atoms with Crippen LogP contribution >= 0.6 is 11.6 Å². The molecule has 3 rings (SSSR count). The number of nitriles is 1. The van der Waals surface area contributed by atoms with Crippen molar-refractivity contribution >= 4 is 28.2 Å². The number of benzene rings is 2. The minimum atomic E-state index is 0.630. The molecule has 0 amide bonds. The lowest BCUT2D eigenvalue weighted by Gasteiger charge is -2.09. The summed E-state index contributed by atoms with van der Waals surface area (Å²) in [6.45, 7) is 0.630. The van der Waals surface area contributed by atoms with Crippen LogP contribution in [-0.4, -0.2) is 4.57 Å². The largest absolute Gasteiger partial charge is 0.398 e. The van der Waals surface area contributed by atoms with Gasteiger partial charge in [-0.1, -0.05) is 17.7 Å². The number of halogens is 1. The molecule has 0 fully saturated rings. The quantitative estimate of drug-likeness (QED) is 0.727. The van der Waals surface area contributed by atoms with Crippen molar-refractivity contribution in [2.75, 3.05) is 5.73 Å². The number of anilines is 1. The molecule has 0 radical (unpaired) electrons. The van der Waals surface area contributed by atoms with Gasteiger partial charge in [0.15, 0.2) is 0 Å². The Kier molecular flexibility index (Phi) is 3.09. The molecule has 0 spiro atoms. The van der Waals surface area contributed by atoms with E-state index in [0.717, 1.165) is 16.5 Å². The third-order valence-corrected chi connectivity index (χ3v) is 3.58. The van der Waals surface area contributed by atoms with Crippen molar-refractivity contribution in [1.82, 2.24) is 4.57 Å². The summed E-state index contributed by atoms with van der Waals surface area (Å²) in [6.07, 6.45) is 1.99. The van der Waals surface area contributed by atoms with Crippen LogP contribution in [0.5, 0.6) is 0 Å². The highest BCUT2D eigenvalue weighted by Gasteiger charge is 2.06. The van der Waals surface area contributed by atoms with E-state index in [-0.39, 0.29) is 0 Å². The summed E-state index contributed by atoms with van der Waals surface area (Å²) < 4.78 is 2.07. The lowest BCUT2D eigenvalue weighted by molar-refractivity contribution is 0.839. The van der Waals surface area contributed by atoms with Crippen LogP contribution in [0, 0.1) is 11.3 Å². The van der Waals surface area contributed by atoms with E-state index < -0.39 is 0 Å². The Labute approximate surface area is 121 Å². The van der Waals surface area contributed by atoms with E-state index in [9.17, 15) is 0 Å². The zero-order valence-corrected chi connectivity index (χ0v) is 11.4. The molecule has 2 aromatic carbocycles. The molecule has 0 aliphatic heterocycles. The Morgan fingerprint density at radius 2 is 2.00 bits per heavy atom. The monoisotopic (exact) mass is 281 g/mol. The van der Waals surface area contributed by atoms with E-state index in [1.807, 2.05) is 42.6 Å². The maximum absolute atomic E-state index is 9.00. The van der Waals surface area contributed by atoms with Crippen LogP contribution in [0.4, 0.5) is 5.69 Å². The summed E-state index contributed by atoms with van der Waals surface area (Å²) >= 11 is 6.02. The second-order valence-corrected chi connectivity index (χ2v) is 5.11. The van der Waals surface area contributed by atoms with Crippen LogP contribution < -0.4 is 5.73 Å². The van der Waals surface area contributed by atoms with Crippen molar-refractivity contribution < 1.29 is 0 Å². The fourth-order valence-electron chi connectivity index (χ4n) is 2.29. The molecule has 0 atom stereocenters. The van der Waals surface area contributed by atoms with Crippen LogP contribution in [0.2, 0.25) is 5.02 Å². The predicted molar refractivity (Wildman–Crippen MR) is 81.6 cm³/mol. The van der Waals surface area contributed by atoms with Gasteiger partial charge in [-0.15, -0.1) is 0 Å². The number of hydrogen-bond donors (Lipinski definition) is 1. The minimum Gasteiger partial charge on any atom is -0.398 e. The maximum atomic E-state index is 9.00. The first-order chi connectivity index (χ1) is 9.67. The summed E-state index contributed by atoms with van der Waals surface area (Å²) in [5.41, 5.74) is 9.33. The Bertz CT molecular complexity index is 827. The molecule has 0 saturated heterocycles. The number of hydrogen-bond acceptors (Lipinski definition) is 2. The van der Waals surface area contributed by atoms with Crippen molar-refractivity contribution in [2.24, 2.45) is 0 Å². The standard InChI is InChI=1S/C16H12ClN3/c17-14-3-4-15(19)13(8-14)10-20-6-5-12-2-1-11(9-18)7-16(12)20/h1-8H,10,19H2. The van der Waals surface area contributed by atoms with Gasteiger partial charge in [0.1, 0.15) is 0 Å². The van der Waals surface area contributed by atoms with Gasteiger partial charge in [-0.25, -0.2) is 0 Å². The normalized spacial score (nSPS) is 10.6. The highest BCUT2D eigenvalue weighted by molar-refractivity contribution is 6.30. The first-order valence-corrected chi connectivity index (χ1v) is 6.58. The van der Waals surface area contributed by atoms with Crippen LogP contribution in [0.1, 0.15) is 11.1 Å². The molecular weight excluding hydrogens is 270 g/mol. The highest BCUT2D eigenvalue weighted by atomic mass is 35.5. The first-order valence-electron chi connectivity index (χ1n) is 6.20. The number of nitrogens with two attached hydrogens (primary N) is 1. The molecule has 20 heavy (non-hydrogen) atoms. The van der Waals surface area contributed by atoms with Gasteiger partial charge < -0.3 is 10.3 Å². The molecule has 0 aliphatic rings. The smallest absolute Gasteiger partial charge is 0.0992 e. The van der Waals surface area contributed by atoms with Gasteiger partial charge >= 0.3 is 0 Å². The molecule has 3 nitrogen and oxygen atoms in total. The molecule has 0 aliphatic carbocycles. The van der Waals surface area contributed by atoms with Crippen LogP contribution in [0.15, 0.2) is 48.7 Å². The molecule has 3 aromatic rings. The first kappa shape index (κ1) is 12.6. The van der Waals surface area contributed by atoms with Gasteiger partial charge in [-0.05, 0) is 47.3 Å². The van der Waals surface area contributed by atoms with Crippen molar-refractivity contribution in [3.63, 3.8) is 0 Å². The van der Waals surface area contributed by atoms with E-state index in [1.165, 1.54) is 0 Å². The summed E-state index contributed by atoms with van der Waals surface area (Å²) in [7, 11) is 0. The Balaban J connectivity index is 2.07. The third-order valence-electron chi connectivity index (χ3n) is 3.35. The molecule has 2 N–H and O–H groups in total. The van der Waals surface area contributed by atoms with Crippen LogP contribution in [0.3, 0.4) is 0 Å². The molecule has 4 heteroatoms. The van der Waals surface area contributed by atoms with Gasteiger partial charge in [0, 0.05) is 29.0 Å². The highest BCUT2D eigenvalue weighted by Crippen LogP contribution is 2.23. The molecule has 0 bridgehead atoms. The molecule has 1 aromatic heterocycles. The number of nitrogens with zero attached hydrogens (tertiary/aromatic N) is 2. The maximum Gasteiger partial charge on any atom is 0.0992 e. The fraction of sp³-hybridized carbons (Fsp3) is 0.0625. The lowest BCUT2D eigenvalue weighted by Crippen LogP contribution is -2.02. The van der Waals surface area contributed by atoms with E-state index in [0.29, 0.717) is 22.8 Å². The van der Waals surface area contributed by atoms with Crippen molar-refractivity contribution in [1.29, 1.82) is 5.26 Å². The van der Waals surface area contributed by atoms with Gasteiger partial charge in [0.05, 0.1) is 11.6 Å². The molecule has 98 valence electrons. The number of nitrogen functional groups attached to an aromatic ring is 1. The Morgan fingerprint density at radius 1 is 1.15 bits per heavy atom. The predicted octanol–water partition coefficient (Wildman–Crippen LogP) is 3.80. The van der Waals surface area contributed by atoms with E-state index in [2.05, 4.69) is 10.6 Å². The minimum absolute atomic E-state index is 0.630. The second-order valence-electron chi connectivity index (χ2n) is 4.67. The van der Waals surface area contributed by atoms with Gasteiger partial charge in [0.2, 0.25) is 0 Å². The zero-order chi connectivity index (χ0) is 14.1. The fourth-order valence-corrected chi connectivity index (χ4v) is 2.48. The van der Waals surface area contributed by atoms with E-state index >= 15 is 0 Å². The van der Waals surface area contributed by atoms with Crippen molar-refractivity contribution in [3.8, 4) is 6.07 Å². The van der Waals surface area contributed by atoms with Gasteiger partial charge in [0.25, 0.3) is 0 Å². The average Bonchev–Trinajstić information content (AvgIpc) is 2.85.